The van der Waals surface area contributed by atoms with E-state index in [0.29, 0.717) is 24.0 Å². The van der Waals surface area contributed by atoms with Crippen molar-refractivity contribution in [2.24, 2.45) is 5.92 Å². The molecule has 0 spiro atoms. The number of hydrogen-bond donors (Lipinski definition) is 2. The third-order valence-corrected chi connectivity index (χ3v) is 3.28. The third-order valence-electron chi connectivity index (χ3n) is 3.28. The minimum Gasteiger partial charge on any atom is -0.497 e. The van der Waals surface area contributed by atoms with Gasteiger partial charge in [-0.25, -0.2) is 0 Å². The average molecular weight is 328 g/mol. The van der Waals surface area contributed by atoms with Crippen molar-refractivity contribution < 1.29 is 14.3 Å². The first kappa shape index (κ1) is 17.7. The SMILES string of the molecule is COc1ccc(NCC(=O)Nc2ccccc2OCC(C)C)cc1. The molecule has 2 N–H and O–H groups in total. The molecule has 0 fully saturated rings. The molecule has 24 heavy (non-hydrogen) atoms. The molecule has 128 valence electrons. The molecule has 2 aromatic carbocycles. The molecule has 1 amide bonds. The molecule has 5 nitrogen and oxygen atoms in total. The minimum absolute atomic E-state index is 0.133. The number of amides is 1. The summed E-state index contributed by atoms with van der Waals surface area (Å²) in [7, 11) is 1.62. The fraction of sp³-hybridized carbons (Fsp3) is 0.316. The minimum atomic E-state index is -0.133. The summed E-state index contributed by atoms with van der Waals surface area (Å²) in [5.74, 6) is 1.75. The summed E-state index contributed by atoms with van der Waals surface area (Å²) < 4.78 is 10.8. The monoisotopic (exact) mass is 328 g/mol. The number of ether oxygens (including phenoxy) is 2. The first-order valence-electron chi connectivity index (χ1n) is 7.98. The fourth-order valence-corrected chi connectivity index (χ4v) is 2.04. The second kappa shape index (κ2) is 8.82. The predicted octanol–water partition coefficient (Wildman–Crippen LogP) is 3.78. The average Bonchev–Trinajstić information content (AvgIpc) is 2.59. The van der Waals surface area contributed by atoms with Gasteiger partial charge in [0.25, 0.3) is 0 Å². The Morgan fingerprint density at radius 2 is 1.79 bits per heavy atom. The van der Waals surface area contributed by atoms with Crippen LogP contribution in [0.2, 0.25) is 0 Å². The predicted molar refractivity (Wildman–Crippen MR) is 96.9 cm³/mol. The van der Waals surface area contributed by atoms with E-state index in [1.54, 1.807) is 7.11 Å². The molecule has 0 heterocycles. The smallest absolute Gasteiger partial charge is 0.243 e. The maximum atomic E-state index is 12.1. The topological polar surface area (TPSA) is 59.6 Å². The van der Waals surface area contributed by atoms with Gasteiger partial charge in [0.15, 0.2) is 0 Å². The Morgan fingerprint density at radius 1 is 1.08 bits per heavy atom. The van der Waals surface area contributed by atoms with Gasteiger partial charge in [-0.1, -0.05) is 26.0 Å². The van der Waals surface area contributed by atoms with Gasteiger partial charge in [-0.15, -0.1) is 0 Å². The van der Waals surface area contributed by atoms with E-state index in [4.69, 9.17) is 9.47 Å². The van der Waals surface area contributed by atoms with E-state index in [1.165, 1.54) is 0 Å². The standard InChI is InChI=1S/C19H24N2O3/c1-14(2)13-24-18-7-5-4-6-17(18)21-19(22)12-20-15-8-10-16(23-3)11-9-15/h4-11,14,20H,12-13H2,1-3H3,(H,21,22). The molecule has 0 unspecified atom stereocenters. The van der Waals surface area contributed by atoms with E-state index in [1.807, 2.05) is 48.5 Å². The zero-order valence-corrected chi connectivity index (χ0v) is 14.3. The molecule has 0 bridgehead atoms. The lowest BCUT2D eigenvalue weighted by Crippen LogP contribution is -2.22. The molecule has 0 aliphatic rings. The molecule has 0 aliphatic carbocycles. The summed E-state index contributed by atoms with van der Waals surface area (Å²) in [4.78, 5) is 12.1. The Bertz CT molecular complexity index is 654. The molecule has 5 heteroatoms. The van der Waals surface area contributed by atoms with Crippen LogP contribution in [0.3, 0.4) is 0 Å². The van der Waals surface area contributed by atoms with Crippen molar-refractivity contribution in [3.63, 3.8) is 0 Å². The number of rotatable bonds is 8. The molecule has 0 saturated carbocycles. The van der Waals surface area contributed by atoms with Crippen LogP contribution in [-0.2, 0) is 4.79 Å². The van der Waals surface area contributed by atoms with Crippen molar-refractivity contribution >= 4 is 17.3 Å². The van der Waals surface area contributed by atoms with Crippen LogP contribution in [0.4, 0.5) is 11.4 Å². The van der Waals surface area contributed by atoms with E-state index in [2.05, 4.69) is 24.5 Å². The number of para-hydroxylation sites is 2. The van der Waals surface area contributed by atoms with Crippen molar-refractivity contribution in [1.82, 2.24) is 0 Å². The Hall–Kier alpha value is -2.69. The van der Waals surface area contributed by atoms with Crippen LogP contribution < -0.4 is 20.1 Å². The Balaban J connectivity index is 1.89. The summed E-state index contributed by atoms with van der Waals surface area (Å²) in [6, 6.07) is 14.9. The number of carbonyl (C=O) groups is 1. The first-order valence-corrected chi connectivity index (χ1v) is 7.98. The molecule has 0 saturated heterocycles. The van der Waals surface area contributed by atoms with Crippen molar-refractivity contribution in [3.05, 3.63) is 48.5 Å². The number of hydrogen-bond acceptors (Lipinski definition) is 4. The maximum absolute atomic E-state index is 12.1. The van der Waals surface area contributed by atoms with Gasteiger partial charge in [-0.2, -0.15) is 0 Å². The van der Waals surface area contributed by atoms with Gasteiger partial charge in [0, 0.05) is 5.69 Å². The maximum Gasteiger partial charge on any atom is 0.243 e. The highest BCUT2D eigenvalue weighted by atomic mass is 16.5. The molecule has 2 rings (SSSR count). The van der Waals surface area contributed by atoms with Crippen LogP contribution in [0.15, 0.2) is 48.5 Å². The Morgan fingerprint density at radius 3 is 2.46 bits per heavy atom. The van der Waals surface area contributed by atoms with E-state index >= 15 is 0 Å². The van der Waals surface area contributed by atoms with Crippen LogP contribution >= 0.6 is 0 Å². The fourth-order valence-electron chi connectivity index (χ4n) is 2.04. The lowest BCUT2D eigenvalue weighted by atomic mass is 10.2. The van der Waals surface area contributed by atoms with Gasteiger partial charge < -0.3 is 20.1 Å². The number of nitrogens with one attached hydrogen (secondary N) is 2. The summed E-state index contributed by atoms with van der Waals surface area (Å²) >= 11 is 0. The highest BCUT2D eigenvalue weighted by molar-refractivity contribution is 5.95. The van der Waals surface area contributed by atoms with Crippen LogP contribution in [0.25, 0.3) is 0 Å². The molecule has 0 radical (unpaired) electrons. The second-order valence-corrected chi connectivity index (χ2v) is 5.83. The van der Waals surface area contributed by atoms with Crippen LogP contribution in [0.5, 0.6) is 11.5 Å². The lowest BCUT2D eigenvalue weighted by molar-refractivity contribution is -0.114. The van der Waals surface area contributed by atoms with Gasteiger partial charge in [0.05, 0.1) is 25.9 Å². The first-order chi connectivity index (χ1) is 11.6. The zero-order valence-electron chi connectivity index (χ0n) is 14.3. The van der Waals surface area contributed by atoms with Crippen molar-refractivity contribution in [2.75, 3.05) is 30.9 Å². The van der Waals surface area contributed by atoms with E-state index in [9.17, 15) is 4.79 Å². The number of carbonyl (C=O) groups excluding carboxylic acids is 1. The van der Waals surface area contributed by atoms with E-state index in [-0.39, 0.29) is 12.5 Å². The number of benzene rings is 2. The van der Waals surface area contributed by atoms with E-state index in [0.717, 1.165) is 11.4 Å². The Labute approximate surface area is 143 Å². The summed E-state index contributed by atoms with van der Waals surface area (Å²) in [5.41, 5.74) is 1.54. The largest absolute Gasteiger partial charge is 0.497 e. The Kier molecular flexibility index (Phi) is 6.49. The summed E-state index contributed by atoms with van der Waals surface area (Å²) in [6.45, 7) is 4.95. The highest BCUT2D eigenvalue weighted by Gasteiger charge is 2.08. The quantitative estimate of drug-likeness (QED) is 0.774. The molecular formula is C19H24N2O3. The van der Waals surface area contributed by atoms with Crippen molar-refractivity contribution in [1.29, 1.82) is 0 Å². The highest BCUT2D eigenvalue weighted by Crippen LogP contribution is 2.24. The van der Waals surface area contributed by atoms with Gasteiger partial charge >= 0.3 is 0 Å². The van der Waals surface area contributed by atoms with Crippen molar-refractivity contribution in [2.45, 2.75) is 13.8 Å². The van der Waals surface area contributed by atoms with E-state index < -0.39 is 0 Å². The van der Waals surface area contributed by atoms with Gasteiger partial charge in [-0.05, 0) is 42.3 Å². The van der Waals surface area contributed by atoms with Gasteiger partial charge in [-0.3, -0.25) is 4.79 Å². The molecular weight excluding hydrogens is 304 g/mol. The van der Waals surface area contributed by atoms with Gasteiger partial charge in [0.1, 0.15) is 11.5 Å². The lowest BCUT2D eigenvalue weighted by Gasteiger charge is -2.14. The zero-order chi connectivity index (χ0) is 17.4. The summed E-state index contributed by atoms with van der Waals surface area (Å²) in [6.07, 6.45) is 0. The van der Waals surface area contributed by atoms with Crippen LogP contribution in [-0.4, -0.2) is 26.2 Å². The third kappa shape index (κ3) is 5.50. The molecule has 0 aromatic heterocycles. The molecule has 0 atom stereocenters. The summed E-state index contributed by atoms with van der Waals surface area (Å²) in [5, 5.41) is 5.95. The number of anilines is 2. The normalized spacial score (nSPS) is 10.3. The van der Waals surface area contributed by atoms with Gasteiger partial charge in [0.2, 0.25) is 5.91 Å². The molecule has 0 aliphatic heterocycles. The number of methoxy groups -OCH3 is 1. The van der Waals surface area contributed by atoms with Crippen LogP contribution in [0.1, 0.15) is 13.8 Å². The molecule has 2 aromatic rings. The second-order valence-electron chi connectivity index (χ2n) is 5.83. The van der Waals surface area contributed by atoms with Crippen molar-refractivity contribution in [3.8, 4) is 11.5 Å². The van der Waals surface area contributed by atoms with Crippen LogP contribution in [0, 0.1) is 5.92 Å².